The Bertz CT molecular complexity index is 995. The summed E-state index contributed by atoms with van der Waals surface area (Å²) >= 11 is 0. The number of rotatable bonds is 5. The van der Waals surface area contributed by atoms with E-state index in [1.54, 1.807) is 11.8 Å². The monoisotopic (exact) mass is 367 g/mol. The summed E-state index contributed by atoms with van der Waals surface area (Å²) in [7, 11) is 1.59. The van der Waals surface area contributed by atoms with Gasteiger partial charge in [-0.2, -0.15) is 0 Å². The molecule has 3 aromatic rings. The molecule has 27 heavy (non-hydrogen) atoms. The highest BCUT2D eigenvalue weighted by Crippen LogP contribution is 2.30. The summed E-state index contributed by atoms with van der Waals surface area (Å²) in [5.41, 5.74) is 3.12. The van der Waals surface area contributed by atoms with Crippen LogP contribution in [0.25, 0.3) is 11.2 Å². The van der Waals surface area contributed by atoms with Gasteiger partial charge in [-0.3, -0.25) is 4.79 Å². The van der Waals surface area contributed by atoms with Crippen molar-refractivity contribution in [2.75, 3.05) is 30.4 Å². The van der Waals surface area contributed by atoms with Gasteiger partial charge in [0.25, 0.3) is 0 Å². The quantitative estimate of drug-likeness (QED) is 0.732. The van der Waals surface area contributed by atoms with Crippen LogP contribution < -0.4 is 15.0 Å². The average Bonchev–Trinajstić information content (AvgIpc) is 3.04. The van der Waals surface area contributed by atoms with Crippen LogP contribution in [0.3, 0.4) is 0 Å². The van der Waals surface area contributed by atoms with Crippen LogP contribution in [0.15, 0.2) is 24.5 Å². The lowest BCUT2D eigenvalue weighted by molar-refractivity contribution is -0.120. The number of nitrogens with zero attached hydrogens (tertiary/aromatic N) is 6. The fourth-order valence-electron chi connectivity index (χ4n) is 3.20. The van der Waals surface area contributed by atoms with Crippen LogP contribution in [-0.2, 0) is 11.3 Å². The van der Waals surface area contributed by atoms with Crippen molar-refractivity contribution >= 4 is 28.6 Å². The molecule has 3 heterocycles. The molecule has 2 aromatic heterocycles. The number of nitrogens with one attached hydrogen (secondary N) is 1. The third-order valence-corrected chi connectivity index (χ3v) is 4.75. The number of carbonyl (C=O) groups excluding carboxylic acids is 1. The predicted molar refractivity (Wildman–Crippen MR) is 101 cm³/mol. The first-order chi connectivity index (χ1) is 13.1. The number of carbonyl (C=O) groups is 1. The summed E-state index contributed by atoms with van der Waals surface area (Å²) < 4.78 is 7.06. The topological polar surface area (TPSA) is 98.1 Å². The molecule has 0 radical (unpaired) electrons. The molecule has 1 aromatic carbocycles. The second kappa shape index (κ2) is 6.82. The Morgan fingerprint density at radius 1 is 1.33 bits per heavy atom. The van der Waals surface area contributed by atoms with Gasteiger partial charge in [-0.1, -0.05) is 11.3 Å². The number of aromatic nitrogens is 5. The fourth-order valence-corrected chi connectivity index (χ4v) is 3.20. The SMILES string of the molecule is CCn1nnc2c(N3CC(C(=O)Nc4cc(C)ccc4OC)C3)ncnc21. The molecule has 0 aliphatic carbocycles. The molecule has 0 bridgehead atoms. The Labute approximate surface area is 156 Å². The molecular formula is C18H21N7O2. The number of methoxy groups -OCH3 is 1. The largest absolute Gasteiger partial charge is 0.495 e. The van der Waals surface area contributed by atoms with E-state index in [1.165, 1.54) is 6.33 Å². The van der Waals surface area contributed by atoms with E-state index in [2.05, 4.69) is 25.6 Å². The number of ether oxygens (including phenoxy) is 1. The maximum atomic E-state index is 12.6. The Kier molecular flexibility index (Phi) is 4.35. The first-order valence-corrected chi connectivity index (χ1v) is 8.85. The lowest BCUT2D eigenvalue weighted by Crippen LogP contribution is -2.52. The number of amides is 1. The Morgan fingerprint density at radius 3 is 2.89 bits per heavy atom. The zero-order chi connectivity index (χ0) is 19.0. The van der Waals surface area contributed by atoms with Crippen molar-refractivity contribution in [1.82, 2.24) is 25.0 Å². The molecule has 0 atom stereocenters. The second-order valence-corrected chi connectivity index (χ2v) is 6.57. The minimum Gasteiger partial charge on any atom is -0.495 e. The van der Waals surface area contributed by atoms with Gasteiger partial charge < -0.3 is 15.0 Å². The van der Waals surface area contributed by atoms with Gasteiger partial charge in [0.15, 0.2) is 17.0 Å². The highest BCUT2D eigenvalue weighted by Gasteiger charge is 2.35. The van der Waals surface area contributed by atoms with Gasteiger partial charge in [0.05, 0.1) is 18.7 Å². The van der Waals surface area contributed by atoms with Crippen molar-refractivity contribution in [3.63, 3.8) is 0 Å². The first kappa shape index (κ1) is 17.2. The molecule has 4 rings (SSSR count). The normalized spacial score (nSPS) is 14.3. The van der Waals surface area contributed by atoms with E-state index in [4.69, 9.17) is 4.74 Å². The second-order valence-electron chi connectivity index (χ2n) is 6.57. The van der Waals surface area contributed by atoms with E-state index in [1.807, 2.05) is 36.9 Å². The molecule has 9 nitrogen and oxygen atoms in total. The van der Waals surface area contributed by atoms with Crippen molar-refractivity contribution in [2.45, 2.75) is 20.4 Å². The lowest BCUT2D eigenvalue weighted by atomic mass is 9.99. The fraction of sp³-hybridized carbons (Fsp3) is 0.389. The standard InChI is InChI=1S/C18H21N7O2/c1-4-25-17-15(22-23-25)16(19-10-20-17)24-8-12(9-24)18(26)21-13-7-11(2)5-6-14(13)27-3/h5-7,10,12H,4,8-9H2,1-3H3,(H,21,26). The lowest BCUT2D eigenvalue weighted by Gasteiger charge is -2.38. The van der Waals surface area contributed by atoms with Crippen molar-refractivity contribution in [3.05, 3.63) is 30.1 Å². The van der Waals surface area contributed by atoms with Crippen LogP contribution >= 0.6 is 0 Å². The van der Waals surface area contributed by atoms with Gasteiger partial charge in [0, 0.05) is 19.6 Å². The van der Waals surface area contributed by atoms with E-state index >= 15 is 0 Å². The van der Waals surface area contributed by atoms with Gasteiger partial charge in [-0.25, -0.2) is 14.6 Å². The van der Waals surface area contributed by atoms with Gasteiger partial charge in [0.1, 0.15) is 12.1 Å². The summed E-state index contributed by atoms with van der Waals surface area (Å²) in [5.74, 6) is 1.22. The van der Waals surface area contributed by atoms with E-state index in [0.717, 1.165) is 11.4 Å². The maximum absolute atomic E-state index is 12.6. The average molecular weight is 367 g/mol. The van der Waals surface area contributed by atoms with Gasteiger partial charge in [0.2, 0.25) is 5.91 Å². The van der Waals surface area contributed by atoms with Crippen molar-refractivity contribution < 1.29 is 9.53 Å². The minimum atomic E-state index is -0.124. The van der Waals surface area contributed by atoms with Crippen LogP contribution in [-0.4, -0.2) is 51.1 Å². The third kappa shape index (κ3) is 3.05. The molecule has 0 saturated carbocycles. The summed E-state index contributed by atoms with van der Waals surface area (Å²) in [6.07, 6.45) is 1.51. The van der Waals surface area contributed by atoms with E-state index in [0.29, 0.717) is 42.2 Å². The molecule has 9 heteroatoms. The Hall–Kier alpha value is -3.23. The third-order valence-electron chi connectivity index (χ3n) is 4.75. The van der Waals surface area contributed by atoms with Crippen LogP contribution in [0.1, 0.15) is 12.5 Å². The number of fused-ring (bicyclic) bond motifs is 1. The zero-order valence-corrected chi connectivity index (χ0v) is 15.5. The van der Waals surface area contributed by atoms with Crippen molar-refractivity contribution in [1.29, 1.82) is 0 Å². The van der Waals surface area contributed by atoms with E-state index in [-0.39, 0.29) is 11.8 Å². The molecular weight excluding hydrogens is 346 g/mol. The highest BCUT2D eigenvalue weighted by molar-refractivity contribution is 5.96. The molecule has 0 unspecified atom stereocenters. The van der Waals surface area contributed by atoms with Gasteiger partial charge in [-0.05, 0) is 31.5 Å². The predicted octanol–water partition coefficient (Wildman–Crippen LogP) is 1.63. The van der Waals surface area contributed by atoms with Gasteiger partial charge in [-0.15, -0.1) is 5.10 Å². The number of aryl methyl sites for hydroxylation is 2. The first-order valence-electron chi connectivity index (χ1n) is 8.85. The summed E-state index contributed by atoms with van der Waals surface area (Å²) in [6.45, 7) is 5.80. The smallest absolute Gasteiger partial charge is 0.231 e. The molecule has 1 saturated heterocycles. The Balaban J connectivity index is 1.46. The zero-order valence-electron chi connectivity index (χ0n) is 15.5. The minimum absolute atomic E-state index is 0.0299. The van der Waals surface area contributed by atoms with Crippen LogP contribution in [0, 0.1) is 12.8 Å². The molecule has 1 aliphatic heterocycles. The summed E-state index contributed by atoms with van der Waals surface area (Å²) in [6, 6.07) is 5.71. The molecule has 1 aliphatic rings. The van der Waals surface area contributed by atoms with E-state index < -0.39 is 0 Å². The summed E-state index contributed by atoms with van der Waals surface area (Å²) in [5, 5.41) is 11.3. The van der Waals surface area contributed by atoms with Crippen molar-refractivity contribution in [3.8, 4) is 5.75 Å². The summed E-state index contributed by atoms with van der Waals surface area (Å²) in [4.78, 5) is 23.2. The van der Waals surface area contributed by atoms with Crippen LogP contribution in [0.2, 0.25) is 0 Å². The molecule has 1 fully saturated rings. The molecule has 0 spiro atoms. The number of benzene rings is 1. The highest BCUT2D eigenvalue weighted by atomic mass is 16.5. The molecule has 140 valence electrons. The van der Waals surface area contributed by atoms with Crippen LogP contribution in [0.5, 0.6) is 5.75 Å². The molecule has 1 amide bonds. The van der Waals surface area contributed by atoms with Crippen molar-refractivity contribution in [2.24, 2.45) is 5.92 Å². The maximum Gasteiger partial charge on any atom is 0.231 e. The Morgan fingerprint density at radius 2 is 2.15 bits per heavy atom. The van der Waals surface area contributed by atoms with Crippen LogP contribution in [0.4, 0.5) is 11.5 Å². The molecule has 1 N–H and O–H groups in total. The number of anilines is 2. The number of hydrogen-bond donors (Lipinski definition) is 1. The van der Waals surface area contributed by atoms with E-state index in [9.17, 15) is 4.79 Å². The van der Waals surface area contributed by atoms with Gasteiger partial charge >= 0.3 is 0 Å². The number of hydrogen-bond acceptors (Lipinski definition) is 7.